The molecule has 4 aliphatic carbocycles. The first-order chi connectivity index (χ1) is 42.4. The second-order valence-electron chi connectivity index (χ2n) is 27.5. The molecule has 89 heavy (non-hydrogen) atoms. The number of nitrogens with zero attached hydrogens (tertiary/aromatic N) is 4. The SMILES string of the molecule is C[C@H]1OC(CO[C@@H]2[C@@H](C)OCCC2(O)O[C@H]2[C@@H](O)C[C@H](O[C@@H]3CC[C@@]4(C)[C@H](CCC5[C@@H]4C[C@@H](O)[C@]4(C)[C@@H](C6=CC(O)OC6)CC[C@]54O)C3)O[C@@H]2C)C[C@H](O)[C@@H]1OCCCCCC(=O)Nc1ncnc2c1ncn2C1O[C@H](CSCC[C@H](N)C(=O)O)[C@@H](O)[C@H]1O. The Bertz CT molecular complexity index is 2770. The van der Waals surface area contributed by atoms with Crippen LogP contribution in [0.25, 0.3) is 11.2 Å². The van der Waals surface area contributed by atoms with Crippen LogP contribution in [0.4, 0.5) is 5.82 Å². The van der Waals surface area contributed by atoms with Gasteiger partial charge in [0.25, 0.3) is 0 Å². The molecule has 4 saturated carbocycles. The lowest BCUT2D eigenvalue weighted by molar-refractivity contribution is -0.366. The number of thioether (sulfide) groups is 1. The fourth-order valence-corrected chi connectivity index (χ4v) is 18.2. The van der Waals surface area contributed by atoms with Gasteiger partial charge in [0.1, 0.15) is 42.9 Å². The number of carbonyl (C=O) groups is 2. The molecule has 1 amide bonds. The Kier molecular flexibility index (Phi) is 20.9. The quantitative estimate of drug-likeness (QED) is 0.0330. The van der Waals surface area contributed by atoms with Gasteiger partial charge in [-0.15, -0.1) is 0 Å². The van der Waals surface area contributed by atoms with E-state index in [-0.39, 0.29) is 103 Å². The Hall–Kier alpha value is -3.14. The van der Waals surface area contributed by atoms with E-state index in [0.717, 1.165) is 44.1 Å². The number of aliphatic hydroxyl groups excluding tert-OH is 6. The zero-order valence-electron chi connectivity index (χ0n) is 51.8. The van der Waals surface area contributed by atoms with E-state index in [1.54, 1.807) is 19.9 Å². The van der Waals surface area contributed by atoms with Crippen LogP contribution < -0.4 is 11.1 Å². The fourth-order valence-electron chi connectivity index (χ4n) is 17.1. The van der Waals surface area contributed by atoms with Crippen LogP contribution in [0.3, 0.4) is 0 Å². The summed E-state index contributed by atoms with van der Waals surface area (Å²) in [7, 11) is 0. The lowest BCUT2D eigenvalue weighted by Gasteiger charge is -2.65. The number of hydrogen-bond donors (Lipinski definition) is 11. The van der Waals surface area contributed by atoms with Gasteiger partial charge in [-0.2, -0.15) is 11.8 Å². The number of nitrogens with two attached hydrogens (primary N) is 1. The number of rotatable bonds is 23. The van der Waals surface area contributed by atoms with Crippen LogP contribution in [-0.2, 0) is 52.2 Å². The number of amides is 1. The van der Waals surface area contributed by atoms with E-state index in [2.05, 4.69) is 34.1 Å². The first-order valence-corrected chi connectivity index (χ1v) is 33.6. The lowest BCUT2D eigenvalue weighted by Crippen LogP contribution is -2.67. The average molecular weight is 1280 g/mol. The van der Waals surface area contributed by atoms with Gasteiger partial charge in [0.05, 0.1) is 86.7 Å². The number of nitrogens with one attached hydrogen (secondary N) is 1. The number of carboxylic acid groups (broad SMARTS) is 1. The summed E-state index contributed by atoms with van der Waals surface area (Å²) >= 11 is 1.35. The highest BCUT2D eigenvalue weighted by Gasteiger charge is 2.71. The van der Waals surface area contributed by atoms with Gasteiger partial charge in [0.15, 0.2) is 41.6 Å². The number of imidazole rings is 1. The number of carbonyl (C=O) groups excluding carboxylic acids is 1. The van der Waals surface area contributed by atoms with Crippen molar-refractivity contribution in [2.75, 3.05) is 43.3 Å². The third kappa shape index (κ3) is 13.5. The van der Waals surface area contributed by atoms with Gasteiger partial charge in [0, 0.05) is 43.5 Å². The van der Waals surface area contributed by atoms with Gasteiger partial charge < -0.3 is 99.6 Å². The number of hydrogen-bond acceptors (Lipinski definition) is 24. The van der Waals surface area contributed by atoms with E-state index in [4.69, 9.17) is 53.5 Å². The Morgan fingerprint density at radius 2 is 1.63 bits per heavy atom. The summed E-state index contributed by atoms with van der Waals surface area (Å²) in [6.45, 7) is 10.7. The number of unbranched alkanes of at least 4 members (excludes halogenated alkanes) is 2. The zero-order valence-corrected chi connectivity index (χ0v) is 52.6. The second kappa shape index (κ2) is 27.7. The third-order valence-electron chi connectivity index (χ3n) is 22.1. The molecule has 0 radical (unpaired) electrons. The van der Waals surface area contributed by atoms with Gasteiger partial charge in [-0.25, -0.2) is 15.0 Å². The number of carboxylic acids is 1. The van der Waals surface area contributed by atoms with Crippen molar-refractivity contribution < 1.29 is 98.2 Å². The highest BCUT2D eigenvalue weighted by molar-refractivity contribution is 7.99. The molecule has 11 rings (SSSR count). The smallest absolute Gasteiger partial charge is 0.320 e. The Morgan fingerprint density at radius 3 is 2.38 bits per heavy atom. The molecule has 0 spiro atoms. The maximum absolute atomic E-state index is 13.1. The Morgan fingerprint density at radius 1 is 0.843 bits per heavy atom. The van der Waals surface area contributed by atoms with Gasteiger partial charge in [0.2, 0.25) is 5.91 Å². The molecule has 5 aliphatic heterocycles. The minimum Gasteiger partial charge on any atom is -0.480 e. The number of aliphatic hydroxyl groups is 8. The standard InChI is InChI=1S/C62H96N6O20S/c1-31-52(81-18-8-6-7-9-46(72)67-55-49-56(65-29-64-55)68(30-66-49)57-51(75)50(74)44(87-57)28-89-20-14-41(63)58(76)77)42(69)23-37(84-31)27-83-54-33(3)80-19-17-62(54,79)88-53-32(2)85-48(25-43(53)70)86-36-12-15-59(4)35(22-36)10-11-39-40(59)24-45(71)60(5)38(13-16-61(39,60)78)34-21-47(73)82-26-34/h21,29-33,35-45,47-48,50-54,57,69-71,73-75,78-79H,6-20,22-28,63H2,1-5H3,(H,76,77)(H,64,65,67,72)/t31-,32-,33-,35-,36-,37?,38-,39?,40+,41+,42+,43+,44-,45-,47?,48+,50-,51-,52-,53-,54-,57?,59+,60+,61+,62?/m1/s1. The van der Waals surface area contributed by atoms with Crippen LogP contribution in [0.2, 0.25) is 0 Å². The van der Waals surface area contributed by atoms with E-state index in [9.17, 15) is 50.4 Å². The molecule has 26 nitrogen and oxygen atoms in total. The van der Waals surface area contributed by atoms with Crippen LogP contribution in [-0.4, -0.2) is 231 Å². The number of fused-ring (bicyclic) bond motifs is 6. The van der Waals surface area contributed by atoms with Gasteiger partial charge in [-0.3, -0.25) is 14.2 Å². The molecule has 2 aromatic heterocycles. The molecule has 2 aromatic rings. The molecule has 7 heterocycles. The number of aromatic nitrogens is 4. The molecule has 0 aromatic carbocycles. The summed E-state index contributed by atoms with van der Waals surface area (Å²) in [5.74, 6) is -1.87. The summed E-state index contributed by atoms with van der Waals surface area (Å²) in [6, 6.07) is -0.995. The highest BCUT2D eigenvalue weighted by Crippen LogP contribution is 2.70. The summed E-state index contributed by atoms with van der Waals surface area (Å²) < 4.78 is 57.3. The summed E-state index contributed by atoms with van der Waals surface area (Å²) in [5.41, 5.74) is 5.27. The van der Waals surface area contributed by atoms with Crippen LogP contribution in [0.1, 0.15) is 144 Å². The number of ether oxygens (including phenoxy) is 9. The van der Waals surface area contributed by atoms with Crippen molar-refractivity contribution in [3.63, 3.8) is 0 Å². The van der Waals surface area contributed by atoms with Crippen molar-refractivity contribution in [2.45, 2.75) is 259 Å². The largest absolute Gasteiger partial charge is 0.480 e. The van der Waals surface area contributed by atoms with Gasteiger partial charge in [-0.05, 0) is 138 Å². The Labute approximate surface area is 523 Å². The molecule has 12 N–H and O–H groups in total. The molecule has 4 saturated heterocycles. The van der Waals surface area contributed by atoms with E-state index >= 15 is 0 Å². The van der Waals surface area contributed by atoms with Crippen molar-refractivity contribution in [3.8, 4) is 0 Å². The second-order valence-corrected chi connectivity index (χ2v) is 28.6. The molecule has 9 aliphatic rings. The van der Waals surface area contributed by atoms with E-state index in [0.29, 0.717) is 57.0 Å². The van der Waals surface area contributed by atoms with Gasteiger partial charge >= 0.3 is 5.97 Å². The van der Waals surface area contributed by atoms with E-state index in [1.165, 1.54) is 29.0 Å². The molecule has 27 heteroatoms. The van der Waals surface area contributed by atoms with Crippen LogP contribution in [0, 0.1) is 34.5 Å². The summed E-state index contributed by atoms with van der Waals surface area (Å²) in [6.07, 6.45) is -0.0986. The first kappa shape index (κ1) is 67.3. The minimum absolute atomic E-state index is 0.0143. The van der Waals surface area contributed by atoms with Crippen LogP contribution in [0.5, 0.6) is 0 Å². The highest BCUT2D eigenvalue weighted by atomic mass is 32.2. The molecule has 5 unspecified atom stereocenters. The van der Waals surface area contributed by atoms with Crippen molar-refractivity contribution in [1.29, 1.82) is 0 Å². The van der Waals surface area contributed by atoms with Crippen LogP contribution >= 0.6 is 11.8 Å². The normalized spacial score (nSPS) is 44.3. The number of aliphatic carboxylic acids is 1. The third-order valence-corrected chi connectivity index (χ3v) is 23.2. The maximum Gasteiger partial charge on any atom is 0.320 e. The molecular formula is C62H96N6O20S. The van der Waals surface area contributed by atoms with Crippen molar-refractivity contribution in [3.05, 3.63) is 24.3 Å². The van der Waals surface area contributed by atoms with E-state index < -0.39 is 127 Å². The van der Waals surface area contributed by atoms with Crippen molar-refractivity contribution in [2.24, 2.45) is 40.2 Å². The fraction of sp³-hybridized carbons (Fsp3) is 0.855. The van der Waals surface area contributed by atoms with Gasteiger partial charge in [-0.1, -0.05) is 20.3 Å². The van der Waals surface area contributed by atoms with Crippen molar-refractivity contribution >= 4 is 40.6 Å². The average Bonchev–Trinajstić information content (AvgIpc) is 1.64. The lowest BCUT2D eigenvalue weighted by atomic mass is 9.42. The molecule has 8 fully saturated rings. The molecule has 500 valence electrons. The topological polar surface area (TPSA) is 381 Å². The molecule has 0 bridgehead atoms. The predicted octanol–water partition coefficient (Wildman–Crippen LogP) is 2.57. The minimum atomic E-state index is -1.85. The summed E-state index contributed by atoms with van der Waals surface area (Å²) in [4.78, 5) is 37.0. The van der Waals surface area contributed by atoms with Crippen molar-refractivity contribution in [1.82, 2.24) is 19.5 Å². The van der Waals surface area contributed by atoms with Crippen LogP contribution in [0.15, 0.2) is 24.3 Å². The monoisotopic (exact) mass is 1280 g/mol. The number of anilines is 1. The first-order valence-electron chi connectivity index (χ1n) is 32.5. The predicted molar refractivity (Wildman–Crippen MR) is 318 cm³/mol. The zero-order chi connectivity index (χ0) is 63.3. The van der Waals surface area contributed by atoms with E-state index in [1.807, 2.05) is 6.92 Å². The molecule has 26 atom stereocenters. The molecular weight excluding hydrogens is 1180 g/mol. The maximum atomic E-state index is 13.1. The Balaban J connectivity index is 0.591. The summed E-state index contributed by atoms with van der Waals surface area (Å²) in [5, 5.41) is 104.